The summed E-state index contributed by atoms with van der Waals surface area (Å²) >= 11 is 0. The maximum Gasteiger partial charge on any atom is 0.0558 e. The van der Waals surface area contributed by atoms with Crippen molar-refractivity contribution in [2.75, 3.05) is 59.0 Å². The van der Waals surface area contributed by atoms with Crippen LogP contribution in [0, 0.1) is 11.3 Å². The van der Waals surface area contributed by atoms with Crippen molar-refractivity contribution in [1.29, 1.82) is 0 Å². The van der Waals surface area contributed by atoms with Gasteiger partial charge in [0, 0.05) is 45.8 Å². The van der Waals surface area contributed by atoms with Crippen LogP contribution in [0.25, 0.3) is 0 Å². The standard InChI is InChI=1S/C17H35N3O/c1-3-18-14-17(6-4-5-16(2)13-17)15-20-9-7-19(8-10-20)11-12-21/h16,18,21H,3-15H2,1-2H3. The molecular formula is C17H35N3O. The number of rotatable bonds is 7. The number of hydrogen-bond donors (Lipinski definition) is 2. The molecule has 0 aromatic heterocycles. The molecule has 2 fully saturated rings. The van der Waals surface area contributed by atoms with Crippen LogP contribution in [-0.4, -0.2) is 73.9 Å². The van der Waals surface area contributed by atoms with Gasteiger partial charge in [-0.15, -0.1) is 0 Å². The Bertz CT molecular complexity index is 292. The molecule has 4 nitrogen and oxygen atoms in total. The third-order valence-electron chi connectivity index (χ3n) is 5.38. The quantitative estimate of drug-likeness (QED) is 0.745. The predicted octanol–water partition coefficient (Wildman–Crippen LogP) is 1.40. The highest BCUT2D eigenvalue weighted by molar-refractivity contribution is 4.91. The van der Waals surface area contributed by atoms with E-state index >= 15 is 0 Å². The highest BCUT2D eigenvalue weighted by atomic mass is 16.3. The van der Waals surface area contributed by atoms with Crippen LogP contribution < -0.4 is 5.32 Å². The van der Waals surface area contributed by atoms with Gasteiger partial charge in [0.05, 0.1) is 6.61 Å². The van der Waals surface area contributed by atoms with Gasteiger partial charge in [0.25, 0.3) is 0 Å². The zero-order chi connectivity index (χ0) is 15.1. The molecule has 1 aliphatic carbocycles. The Labute approximate surface area is 130 Å². The Morgan fingerprint density at radius 2 is 1.90 bits per heavy atom. The number of nitrogens with one attached hydrogen (secondary N) is 1. The van der Waals surface area contributed by atoms with Crippen LogP contribution in [0.4, 0.5) is 0 Å². The van der Waals surface area contributed by atoms with Crippen molar-refractivity contribution in [2.45, 2.75) is 39.5 Å². The van der Waals surface area contributed by atoms with E-state index in [1.54, 1.807) is 0 Å². The van der Waals surface area contributed by atoms with Gasteiger partial charge >= 0.3 is 0 Å². The minimum Gasteiger partial charge on any atom is -0.395 e. The van der Waals surface area contributed by atoms with Crippen LogP contribution in [0.15, 0.2) is 0 Å². The van der Waals surface area contributed by atoms with Crippen molar-refractivity contribution in [2.24, 2.45) is 11.3 Å². The smallest absolute Gasteiger partial charge is 0.0558 e. The Balaban J connectivity index is 1.87. The zero-order valence-electron chi connectivity index (χ0n) is 14.1. The molecular weight excluding hydrogens is 262 g/mol. The molecule has 2 atom stereocenters. The molecule has 4 heteroatoms. The van der Waals surface area contributed by atoms with Crippen molar-refractivity contribution >= 4 is 0 Å². The number of hydrogen-bond acceptors (Lipinski definition) is 4. The normalized spacial score (nSPS) is 32.4. The SMILES string of the molecule is CCNCC1(CN2CCN(CCO)CC2)CCCC(C)C1. The van der Waals surface area contributed by atoms with E-state index in [9.17, 15) is 0 Å². The van der Waals surface area contributed by atoms with E-state index in [0.29, 0.717) is 12.0 Å². The number of aliphatic hydroxyl groups is 1. The van der Waals surface area contributed by atoms with Crippen molar-refractivity contribution in [1.82, 2.24) is 15.1 Å². The lowest BCUT2D eigenvalue weighted by molar-refractivity contribution is 0.0453. The highest BCUT2D eigenvalue weighted by Gasteiger charge is 2.36. The molecule has 1 saturated heterocycles. The first-order valence-corrected chi connectivity index (χ1v) is 8.94. The van der Waals surface area contributed by atoms with Crippen molar-refractivity contribution in [3.8, 4) is 0 Å². The summed E-state index contributed by atoms with van der Waals surface area (Å²) in [5.41, 5.74) is 0.493. The number of nitrogens with zero attached hydrogens (tertiary/aromatic N) is 2. The molecule has 2 rings (SSSR count). The summed E-state index contributed by atoms with van der Waals surface area (Å²) in [6.07, 6.45) is 5.59. The van der Waals surface area contributed by atoms with Crippen molar-refractivity contribution < 1.29 is 5.11 Å². The molecule has 21 heavy (non-hydrogen) atoms. The maximum absolute atomic E-state index is 9.05. The van der Waals surface area contributed by atoms with E-state index in [4.69, 9.17) is 5.11 Å². The van der Waals surface area contributed by atoms with E-state index < -0.39 is 0 Å². The fourth-order valence-electron chi connectivity index (χ4n) is 4.31. The summed E-state index contributed by atoms with van der Waals surface area (Å²) in [6.45, 7) is 13.9. The summed E-state index contributed by atoms with van der Waals surface area (Å²) in [4.78, 5) is 5.06. The monoisotopic (exact) mass is 297 g/mol. The average Bonchev–Trinajstić information content (AvgIpc) is 2.48. The molecule has 1 heterocycles. The first-order valence-electron chi connectivity index (χ1n) is 8.94. The summed E-state index contributed by atoms with van der Waals surface area (Å²) < 4.78 is 0. The highest BCUT2D eigenvalue weighted by Crippen LogP contribution is 2.39. The Morgan fingerprint density at radius 3 is 2.52 bits per heavy atom. The van der Waals surface area contributed by atoms with Crippen LogP contribution in [0.1, 0.15) is 39.5 Å². The largest absolute Gasteiger partial charge is 0.395 e. The zero-order valence-corrected chi connectivity index (χ0v) is 14.1. The van der Waals surface area contributed by atoms with Crippen molar-refractivity contribution in [3.63, 3.8) is 0 Å². The van der Waals surface area contributed by atoms with Gasteiger partial charge in [0.2, 0.25) is 0 Å². The molecule has 0 aromatic carbocycles. The van der Waals surface area contributed by atoms with Gasteiger partial charge in [-0.05, 0) is 30.7 Å². The molecule has 2 aliphatic rings. The molecule has 1 saturated carbocycles. The number of aliphatic hydroxyl groups excluding tert-OH is 1. The molecule has 0 bridgehead atoms. The molecule has 1 aliphatic heterocycles. The van der Waals surface area contributed by atoms with Crippen LogP contribution in [0.3, 0.4) is 0 Å². The second-order valence-electron chi connectivity index (χ2n) is 7.32. The summed E-state index contributed by atoms with van der Waals surface area (Å²) in [5, 5.41) is 12.7. The van der Waals surface area contributed by atoms with E-state index in [1.165, 1.54) is 51.9 Å². The Kier molecular flexibility index (Phi) is 6.93. The molecule has 0 spiro atoms. The lowest BCUT2D eigenvalue weighted by Gasteiger charge is -2.45. The third-order valence-corrected chi connectivity index (χ3v) is 5.38. The van der Waals surface area contributed by atoms with Crippen LogP contribution in [0.2, 0.25) is 0 Å². The van der Waals surface area contributed by atoms with Gasteiger partial charge in [0.15, 0.2) is 0 Å². The average molecular weight is 297 g/mol. The molecule has 2 unspecified atom stereocenters. The molecule has 0 aromatic rings. The first-order chi connectivity index (χ1) is 10.2. The molecule has 0 radical (unpaired) electrons. The Hall–Kier alpha value is -0.160. The summed E-state index contributed by atoms with van der Waals surface area (Å²) in [6, 6.07) is 0. The molecule has 124 valence electrons. The van der Waals surface area contributed by atoms with Gasteiger partial charge in [-0.3, -0.25) is 4.90 Å². The minimum atomic E-state index is 0.294. The first kappa shape index (κ1) is 17.2. The van der Waals surface area contributed by atoms with E-state index in [2.05, 4.69) is 29.0 Å². The van der Waals surface area contributed by atoms with Crippen LogP contribution in [-0.2, 0) is 0 Å². The lowest BCUT2D eigenvalue weighted by atomic mass is 9.69. The fraction of sp³-hybridized carbons (Fsp3) is 1.00. The molecule has 2 N–H and O–H groups in total. The third kappa shape index (κ3) is 5.20. The number of β-amino-alcohol motifs (C(OH)–C–C–N with tert-alkyl or cyclic N) is 1. The van der Waals surface area contributed by atoms with E-state index in [-0.39, 0.29) is 0 Å². The van der Waals surface area contributed by atoms with Crippen molar-refractivity contribution in [3.05, 3.63) is 0 Å². The van der Waals surface area contributed by atoms with Gasteiger partial charge < -0.3 is 15.3 Å². The van der Waals surface area contributed by atoms with Gasteiger partial charge in [-0.25, -0.2) is 0 Å². The topological polar surface area (TPSA) is 38.7 Å². The second-order valence-corrected chi connectivity index (χ2v) is 7.32. The summed E-state index contributed by atoms with van der Waals surface area (Å²) in [7, 11) is 0. The lowest BCUT2D eigenvalue weighted by Crippen LogP contribution is -2.53. The molecule has 0 amide bonds. The maximum atomic E-state index is 9.05. The van der Waals surface area contributed by atoms with Gasteiger partial charge in [-0.1, -0.05) is 26.7 Å². The summed E-state index contributed by atoms with van der Waals surface area (Å²) in [5.74, 6) is 0.882. The van der Waals surface area contributed by atoms with Gasteiger partial charge in [-0.2, -0.15) is 0 Å². The fourth-order valence-corrected chi connectivity index (χ4v) is 4.31. The van der Waals surface area contributed by atoms with Gasteiger partial charge in [0.1, 0.15) is 0 Å². The van der Waals surface area contributed by atoms with E-state index in [1.807, 2.05) is 0 Å². The predicted molar refractivity (Wildman–Crippen MR) is 88.6 cm³/mol. The second kappa shape index (κ2) is 8.47. The minimum absolute atomic E-state index is 0.294. The Morgan fingerprint density at radius 1 is 1.19 bits per heavy atom. The van der Waals surface area contributed by atoms with Crippen LogP contribution >= 0.6 is 0 Å². The number of piperazine rings is 1. The van der Waals surface area contributed by atoms with Crippen LogP contribution in [0.5, 0.6) is 0 Å². The van der Waals surface area contributed by atoms with E-state index in [0.717, 1.165) is 32.1 Å².